The number of amidine groups is 1. The molecule has 4 nitrogen and oxygen atoms in total. The number of hydrogen-bond acceptors (Lipinski definition) is 5. The van der Waals surface area contributed by atoms with Crippen molar-refractivity contribution in [2.75, 3.05) is 17.3 Å². The molecule has 6 heteroatoms. The molecule has 0 fully saturated rings. The number of rotatable bonds is 0. The van der Waals surface area contributed by atoms with Crippen LogP contribution in [0.1, 0.15) is 5.56 Å². The molecule has 0 saturated carbocycles. The van der Waals surface area contributed by atoms with E-state index in [4.69, 9.17) is 0 Å². The van der Waals surface area contributed by atoms with Gasteiger partial charge >= 0.3 is 0 Å². The molecule has 0 amide bonds. The number of thioether (sulfide) groups is 1. The van der Waals surface area contributed by atoms with Crippen molar-refractivity contribution in [2.45, 2.75) is 6.42 Å². The van der Waals surface area contributed by atoms with Crippen LogP contribution in [-0.4, -0.2) is 28.5 Å². The molecule has 0 aliphatic carbocycles. The van der Waals surface area contributed by atoms with E-state index in [9.17, 15) is 0 Å². The lowest BCUT2D eigenvalue weighted by molar-refractivity contribution is 1.02. The molecular formula is C14H13BrN4S. The van der Waals surface area contributed by atoms with E-state index < -0.39 is 0 Å². The monoisotopic (exact) mass is 348 g/mol. The first-order valence-electron chi connectivity index (χ1n) is 6.23. The summed E-state index contributed by atoms with van der Waals surface area (Å²) < 4.78 is 0.779. The highest BCUT2D eigenvalue weighted by Gasteiger charge is 2.24. The van der Waals surface area contributed by atoms with Crippen LogP contribution in [0.4, 0.5) is 5.69 Å². The molecule has 0 spiro atoms. The zero-order valence-corrected chi connectivity index (χ0v) is 13.2. The summed E-state index contributed by atoms with van der Waals surface area (Å²) in [7, 11) is 0. The summed E-state index contributed by atoms with van der Waals surface area (Å²) in [4.78, 5) is 15.3. The molecule has 0 radical (unpaired) electrons. The fourth-order valence-corrected chi connectivity index (χ4v) is 3.21. The average molecular weight is 349 g/mol. The zero-order valence-electron chi connectivity index (χ0n) is 10.8. The maximum absolute atomic E-state index is 4.45. The van der Waals surface area contributed by atoms with Gasteiger partial charge in [-0.25, -0.2) is 9.98 Å². The van der Waals surface area contributed by atoms with Gasteiger partial charge in [0.15, 0.2) is 5.84 Å². The third-order valence-electron chi connectivity index (χ3n) is 3.14. The third kappa shape index (κ3) is 2.71. The maximum Gasteiger partial charge on any atom is 0.160 e. The van der Waals surface area contributed by atoms with Crippen molar-refractivity contribution >= 4 is 49.5 Å². The third-order valence-corrected chi connectivity index (χ3v) is 4.62. The molecule has 0 N–H and O–H groups in total. The second-order valence-corrected chi connectivity index (χ2v) is 6.58. The van der Waals surface area contributed by atoms with E-state index in [-0.39, 0.29) is 0 Å². The fourth-order valence-electron chi connectivity index (χ4n) is 2.27. The van der Waals surface area contributed by atoms with Gasteiger partial charge in [-0.2, -0.15) is 0 Å². The van der Waals surface area contributed by atoms with E-state index in [2.05, 4.69) is 60.6 Å². The highest BCUT2D eigenvalue weighted by atomic mass is 79.9. The summed E-state index contributed by atoms with van der Waals surface area (Å²) in [6.07, 6.45) is 2.61. The molecule has 0 atom stereocenters. The Bertz CT molecular complexity index is 636. The van der Waals surface area contributed by atoms with Crippen LogP contribution in [0, 0.1) is 0 Å². The predicted molar refractivity (Wildman–Crippen MR) is 91.4 cm³/mol. The van der Waals surface area contributed by atoms with E-state index in [0.29, 0.717) is 11.6 Å². The number of benzene rings is 1. The molecule has 20 heavy (non-hydrogen) atoms. The van der Waals surface area contributed by atoms with Gasteiger partial charge in [0.1, 0.15) is 16.0 Å². The Morgan fingerprint density at radius 2 is 2.15 bits per heavy atom. The highest BCUT2D eigenvalue weighted by molar-refractivity contribution is 9.22. The lowest BCUT2D eigenvalue weighted by Crippen LogP contribution is -2.30. The van der Waals surface area contributed by atoms with Crippen LogP contribution in [0.15, 0.2) is 51.5 Å². The fraction of sp³-hybridized carbons (Fsp3) is 0.214. The number of anilines is 1. The SMILES string of the molecule is C=C1N=C(Br)SCN=CN=C1N1CCc2ccccc21. The first-order valence-corrected chi connectivity index (χ1v) is 8.01. The highest BCUT2D eigenvalue weighted by Crippen LogP contribution is 2.29. The number of para-hydroxylation sites is 1. The van der Waals surface area contributed by atoms with Gasteiger partial charge in [0.05, 0.1) is 5.88 Å². The molecule has 1 aromatic carbocycles. The van der Waals surface area contributed by atoms with Crippen molar-refractivity contribution in [2.24, 2.45) is 15.0 Å². The minimum absolute atomic E-state index is 0.602. The summed E-state index contributed by atoms with van der Waals surface area (Å²) in [5.74, 6) is 1.36. The van der Waals surface area contributed by atoms with Gasteiger partial charge in [-0.15, -0.1) is 0 Å². The lowest BCUT2D eigenvalue weighted by atomic mass is 10.2. The van der Waals surface area contributed by atoms with Gasteiger partial charge in [0, 0.05) is 12.2 Å². The van der Waals surface area contributed by atoms with Crippen LogP contribution in [0.2, 0.25) is 0 Å². The molecule has 0 unspecified atom stereocenters. The van der Waals surface area contributed by atoms with Crippen LogP contribution in [-0.2, 0) is 6.42 Å². The molecule has 0 aromatic heterocycles. The molecule has 2 aliphatic rings. The van der Waals surface area contributed by atoms with Gasteiger partial charge in [-0.05, 0) is 34.0 Å². The maximum atomic E-state index is 4.45. The molecule has 102 valence electrons. The van der Waals surface area contributed by atoms with E-state index in [1.54, 1.807) is 6.34 Å². The minimum atomic E-state index is 0.602. The molecule has 0 bridgehead atoms. The molecule has 2 aliphatic heterocycles. The number of halogens is 1. The topological polar surface area (TPSA) is 40.3 Å². The Labute approximate surface area is 130 Å². The van der Waals surface area contributed by atoms with E-state index in [0.717, 1.165) is 22.8 Å². The number of fused-ring (bicyclic) bond motifs is 1. The molecule has 1 aromatic rings. The van der Waals surface area contributed by atoms with Gasteiger partial charge < -0.3 is 4.90 Å². The van der Waals surface area contributed by atoms with Crippen LogP contribution in [0.3, 0.4) is 0 Å². The van der Waals surface area contributed by atoms with Crippen molar-refractivity contribution in [1.82, 2.24) is 0 Å². The van der Waals surface area contributed by atoms with Crippen LogP contribution < -0.4 is 4.90 Å². The second-order valence-electron chi connectivity index (χ2n) is 4.37. The molecular weight excluding hydrogens is 336 g/mol. The molecule has 3 rings (SSSR count). The van der Waals surface area contributed by atoms with E-state index in [1.807, 2.05) is 6.07 Å². The predicted octanol–water partition coefficient (Wildman–Crippen LogP) is 3.44. The lowest BCUT2D eigenvalue weighted by Gasteiger charge is -2.20. The van der Waals surface area contributed by atoms with Crippen molar-refractivity contribution in [1.29, 1.82) is 0 Å². The molecule has 2 heterocycles. The summed E-state index contributed by atoms with van der Waals surface area (Å²) in [5, 5.41) is 0. The van der Waals surface area contributed by atoms with Crippen LogP contribution in [0.25, 0.3) is 0 Å². The number of hydrogen-bond donors (Lipinski definition) is 0. The van der Waals surface area contributed by atoms with Gasteiger partial charge in [-0.3, -0.25) is 4.99 Å². The van der Waals surface area contributed by atoms with Crippen LogP contribution >= 0.6 is 27.7 Å². The second kappa shape index (κ2) is 5.93. The summed E-state index contributed by atoms with van der Waals surface area (Å²) >= 11 is 4.94. The van der Waals surface area contributed by atoms with E-state index in [1.165, 1.54) is 23.0 Å². The van der Waals surface area contributed by atoms with Crippen molar-refractivity contribution in [3.63, 3.8) is 0 Å². The summed E-state index contributed by atoms with van der Waals surface area (Å²) in [5.41, 5.74) is 3.16. The normalized spacial score (nSPS) is 18.9. The number of nitrogens with zero attached hydrogens (tertiary/aromatic N) is 4. The van der Waals surface area contributed by atoms with Crippen molar-refractivity contribution < 1.29 is 0 Å². The standard InChI is InChI=1S/C14H13BrN4S/c1-10-13(17-8-16-9-20-14(15)18-10)19-7-6-11-4-2-3-5-12(11)19/h2-5,8H,1,6-7,9H2. The zero-order chi connectivity index (χ0) is 13.9. The first-order chi connectivity index (χ1) is 9.75. The van der Waals surface area contributed by atoms with Crippen molar-refractivity contribution in [3.8, 4) is 0 Å². The smallest absolute Gasteiger partial charge is 0.160 e. The Morgan fingerprint density at radius 1 is 1.30 bits per heavy atom. The summed E-state index contributed by atoms with van der Waals surface area (Å²) in [6, 6.07) is 8.36. The first kappa shape index (κ1) is 13.6. The van der Waals surface area contributed by atoms with Gasteiger partial charge in [0.25, 0.3) is 0 Å². The molecule has 0 saturated heterocycles. The van der Waals surface area contributed by atoms with Gasteiger partial charge in [0.2, 0.25) is 0 Å². The van der Waals surface area contributed by atoms with Gasteiger partial charge in [-0.1, -0.05) is 36.5 Å². The van der Waals surface area contributed by atoms with Crippen molar-refractivity contribution in [3.05, 3.63) is 42.1 Å². The summed E-state index contributed by atoms with van der Waals surface area (Å²) in [6.45, 7) is 4.94. The number of aliphatic imine (C=N–C) groups is 3. The van der Waals surface area contributed by atoms with Crippen LogP contribution in [0.5, 0.6) is 0 Å². The largest absolute Gasteiger partial charge is 0.324 e. The quantitative estimate of drug-likeness (QED) is 0.720. The Morgan fingerprint density at radius 3 is 3.05 bits per heavy atom. The Hall–Kier alpha value is -1.40. The Balaban J connectivity index is 2.00. The van der Waals surface area contributed by atoms with E-state index >= 15 is 0 Å². The Kier molecular flexibility index (Phi) is 4.03. The average Bonchev–Trinajstić information content (AvgIpc) is 2.87. The minimum Gasteiger partial charge on any atom is -0.324 e.